The fraction of sp³-hybridized carbons (Fsp3) is 0.0990. The van der Waals surface area contributed by atoms with Gasteiger partial charge in [0.25, 0.3) is 0 Å². The van der Waals surface area contributed by atoms with Gasteiger partial charge in [0, 0.05) is 71.2 Å². The highest BCUT2D eigenvalue weighted by Crippen LogP contribution is 2.42. The summed E-state index contributed by atoms with van der Waals surface area (Å²) in [6, 6.07) is 88.5. The van der Waals surface area contributed by atoms with Gasteiger partial charge in [-0.3, -0.25) is 0 Å². The molecule has 19 rings (SSSR count). The van der Waals surface area contributed by atoms with Crippen molar-refractivity contribution in [3.63, 3.8) is 0 Å². The summed E-state index contributed by atoms with van der Waals surface area (Å²) in [5.41, 5.74) is 16.8. The zero-order valence-corrected chi connectivity index (χ0v) is 64.8. The molecule has 12 aromatic carbocycles. The molecule has 0 amide bonds. The minimum absolute atomic E-state index is 0.0299. The van der Waals surface area contributed by atoms with Gasteiger partial charge in [-0.2, -0.15) is 26.3 Å². The van der Waals surface area contributed by atoms with Crippen LogP contribution >= 0.6 is 0 Å². The van der Waals surface area contributed by atoms with Crippen molar-refractivity contribution in [2.24, 2.45) is 20.0 Å². The van der Waals surface area contributed by atoms with Crippen LogP contribution in [0.5, 0.6) is 0 Å². The van der Waals surface area contributed by atoms with Gasteiger partial charge < -0.3 is 19.8 Å². The van der Waals surface area contributed by atoms with E-state index in [1.165, 1.54) is 12.2 Å². The van der Waals surface area contributed by atoms with E-state index in [1.807, 2.05) is 172 Å². The van der Waals surface area contributed by atoms with Gasteiger partial charge in [-0.1, -0.05) is 248 Å². The van der Waals surface area contributed by atoms with E-state index in [-0.39, 0.29) is 24.0 Å². The maximum atomic E-state index is 15.4. The van der Waals surface area contributed by atoms with E-state index in [1.54, 1.807) is 18.2 Å². The Morgan fingerprint density at radius 1 is 0.347 bits per heavy atom. The number of aliphatic imine (C=N–C) groups is 4. The standard InChI is InChI=1S/C101H73F6N11/c1-59-34-42-75(60(2)50-59)70-37-45-81-82-46-38-71(56-92(82)118(91(81)55-70)74-41-48-78(80-31-19-21-33-88(80)101(105,106)107)86(58-74)99-115-95(68-26-14-8-15-27-68)112-96(116-99)69-28-16-9-17-29-69)76-43-35-64(51-61(76)3)52-65-36-44-83-84-54-72(97-109-62(4)108-63(5)110-97)39-49-89(84)117(90(83)53-65)73-40-47-77(79-30-18-20-32-87(79)100(102,103)104)85(57-73)98-113-93(66-22-10-6-11-23-66)111-94(114-98)67-24-12-7-13-25-67/h6-29,32-51,53-58H,30-31,52H2,1-5H3,(H,111,113,114)(H,112,115,116). The predicted molar refractivity (Wildman–Crippen MR) is 464 cm³/mol. The van der Waals surface area contributed by atoms with Gasteiger partial charge in [0.1, 0.15) is 35.0 Å². The second kappa shape index (κ2) is 29.7. The van der Waals surface area contributed by atoms with E-state index < -0.39 is 23.5 Å². The molecule has 0 atom stereocenters. The second-order valence-corrected chi connectivity index (χ2v) is 30.2. The number of hydrogen-bond donors (Lipinski definition) is 2. The number of nitrogens with one attached hydrogen (secondary N) is 2. The van der Waals surface area contributed by atoms with Gasteiger partial charge >= 0.3 is 12.4 Å². The third-order valence-electron chi connectivity index (χ3n) is 22.3. The Balaban J connectivity index is 0.768. The third kappa shape index (κ3) is 13.9. The van der Waals surface area contributed by atoms with Crippen LogP contribution < -0.4 is 31.5 Å². The third-order valence-corrected chi connectivity index (χ3v) is 22.3. The molecular weight excluding hydrogens is 1480 g/mol. The van der Waals surface area contributed by atoms with Crippen LogP contribution in [0.2, 0.25) is 0 Å². The number of hydrogen-bond acceptors (Lipinski definition) is 9. The highest BCUT2D eigenvalue weighted by molar-refractivity contribution is 6.18. The average molecular weight is 1550 g/mol. The Hall–Kier alpha value is -14.5. The Morgan fingerprint density at radius 3 is 1.27 bits per heavy atom. The lowest BCUT2D eigenvalue weighted by atomic mass is 9.94. The molecular formula is C101H73F6N11. The molecule has 0 bridgehead atoms. The van der Waals surface area contributed by atoms with Crippen molar-refractivity contribution in [2.45, 2.75) is 66.2 Å². The Bertz CT molecular complexity index is 7240. The number of allylic oxidation sites excluding steroid dienone is 8. The summed E-state index contributed by atoms with van der Waals surface area (Å²) in [4.78, 5) is 34.5. The van der Waals surface area contributed by atoms with Crippen molar-refractivity contribution in [1.82, 2.24) is 34.7 Å². The van der Waals surface area contributed by atoms with Gasteiger partial charge in [0.05, 0.1) is 33.2 Å². The second-order valence-electron chi connectivity index (χ2n) is 30.2. The molecule has 0 saturated carbocycles. The molecule has 118 heavy (non-hydrogen) atoms. The first-order valence-corrected chi connectivity index (χ1v) is 39.0. The van der Waals surface area contributed by atoms with Crippen molar-refractivity contribution < 1.29 is 26.3 Å². The number of fused-ring (bicyclic) bond motifs is 6. The van der Waals surface area contributed by atoms with Gasteiger partial charge in [0.15, 0.2) is 17.5 Å². The number of amidine groups is 4. The quantitative estimate of drug-likeness (QED) is 0.125. The molecule has 0 unspecified atom stereocenters. The predicted octanol–water partition coefficient (Wildman–Crippen LogP) is 20.5. The van der Waals surface area contributed by atoms with E-state index in [4.69, 9.17) is 29.9 Å². The molecule has 0 saturated heterocycles. The molecule has 17 heteroatoms. The summed E-state index contributed by atoms with van der Waals surface area (Å²) in [6.07, 6.45) is 0.00101. The lowest BCUT2D eigenvalue weighted by molar-refractivity contribution is -0.0883. The molecule has 3 aromatic heterocycles. The topological polar surface area (TPSA) is 122 Å². The summed E-state index contributed by atoms with van der Waals surface area (Å²) >= 11 is 0. The molecule has 5 heterocycles. The van der Waals surface area contributed by atoms with E-state index in [0.717, 1.165) is 134 Å². The highest BCUT2D eigenvalue weighted by Gasteiger charge is 2.38. The van der Waals surface area contributed by atoms with Crippen LogP contribution in [0.25, 0.3) is 111 Å². The molecule has 15 aromatic rings. The SMILES string of the molecule is Cc1ccc(-c2ccc3c4ccc(-c5ccc(Cc6ccc7c8cc(-c9nc(C)nc(C)n9)ccc8n(-c8ccc(=C9CC=CC=C9C(F)(F)F)c(=C9N=C(c%10ccccc%10)N=C(c%10ccccc%10)N9)c8)c7c6)cc5C)cc4n(-c4ccc(=C5CC=CC=C5C(F)(F)F)c(=C5N=C(c6ccccc6)N=C(c6ccccc6)N5)c4)c3c2)c(C)c1. The number of benzene rings is 12. The van der Waals surface area contributed by atoms with E-state index in [9.17, 15) is 0 Å². The van der Waals surface area contributed by atoms with Crippen molar-refractivity contribution >= 4 is 89.7 Å². The summed E-state index contributed by atoms with van der Waals surface area (Å²) < 4.78 is 96.9. The Morgan fingerprint density at radius 2 is 0.780 bits per heavy atom. The molecule has 0 fully saturated rings. The maximum absolute atomic E-state index is 15.4. The van der Waals surface area contributed by atoms with Gasteiger partial charge in [-0.15, -0.1) is 0 Å². The summed E-state index contributed by atoms with van der Waals surface area (Å²) in [6.45, 7) is 10.0. The van der Waals surface area contributed by atoms with Gasteiger partial charge in [-0.05, 0) is 181 Å². The van der Waals surface area contributed by atoms with Crippen molar-refractivity contribution in [1.29, 1.82) is 0 Å². The molecule has 0 spiro atoms. The summed E-state index contributed by atoms with van der Waals surface area (Å²) in [5, 5.41) is 12.5. The van der Waals surface area contributed by atoms with Crippen LogP contribution in [0.1, 0.15) is 74.6 Å². The van der Waals surface area contributed by atoms with E-state index in [2.05, 4.69) is 149 Å². The number of rotatable bonds is 11. The Labute approximate surface area is 675 Å². The fourth-order valence-electron chi connectivity index (χ4n) is 16.9. The van der Waals surface area contributed by atoms with Crippen LogP contribution in [0.3, 0.4) is 0 Å². The lowest BCUT2D eigenvalue weighted by Gasteiger charge is -2.20. The monoisotopic (exact) mass is 1550 g/mol. The normalized spacial score (nSPS) is 16.3. The van der Waals surface area contributed by atoms with E-state index in [0.29, 0.717) is 91.1 Å². The number of aromatic nitrogens is 5. The first kappa shape index (κ1) is 73.7. The Kier molecular flexibility index (Phi) is 18.6. The minimum atomic E-state index is -4.66. The van der Waals surface area contributed by atoms with Gasteiger partial charge in [-0.25, -0.2) is 34.9 Å². The molecule has 574 valence electrons. The number of alkyl halides is 6. The molecule has 2 N–H and O–H groups in total. The average Bonchev–Trinajstić information content (AvgIpc) is 1.52. The minimum Gasteiger partial charge on any atom is -0.324 e. The molecule has 11 nitrogen and oxygen atoms in total. The first-order valence-electron chi connectivity index (χ1n) is 39.0. The maximum Gasteiger partial charge on any atom is 0.416 e. The largest absolute Gasteiger partial charge is 0.416 e. The smallest absolute Gasteiger partial charge is 0.324 e. The van der Waals surface area contributed by atoms with Crippen LogP contribution in [0.15, 0.2) is 334 Å². The summed E-state index contributed by atoms with van der Waals surface area (Å²) in [7, 11) is 0. The molecule has 2 aliphatic carbocycles. The van der Waals surface area contributed by atoms with Crippen LogP contribution in [0.4, 0.5) is 26.3 Å². The van der Waals surface area contributed by atoms with Gasteiger partial charge in [0.2, 0.25) is 0 Å². The molecule has 2 aliphatic heterocycles. The lowest BCUT2D eigenvalue weighted by Crippen LogP contribution is -2.39. The molecule has 4 aliphatic rings. The first-order chi connectivity index (χ1) is 57.3. The highest BCUT2D eigenvalue weighted by atomic mass is 19.4. The van der Waals surface area contributed by atoms with E-state index >= 15 is 26.3 Å². The zero-order chi connectivity index (χ0) is 80.7. The number of nitrogens with zero attached hydrogens (tertiary/aromatic N) is 9. The van der Waals surface area contributed by atoms with Crippen LogP contribution in [-0.2, 0) is 6.42 Å². The van der Waals surface area contributed by atoms with Crippen LogP contribution in [-0.4, -0.2) is 59.8 Å². The number of halogens is 6. The fourth-order valence-corrected chi connectivity index (χ4v) is 16.9. The van der Waals surface area contributed by atoms with Crippen molar-refractivity contribution in [2.75, 3.05) is 0 Å². The van der Waals surface area contributed by atoms with Crippen molar-refractivity contribution in [3.05, 3.63) is 397 Å². The zero-order valence-electron chi connectivity index (χ0n) is 64.8. The molecule has 0 radical (unpaired) electrons. The van der Waals surface area contributed by atoms with Crippen LogP contribution in [0, 0.1) is 34.6 Å². The summed E-state index contributed by atoms with van der Waals surface area (Å²) in [5.74, 6) is 4.15. The van der Waals surface area contributed by atoms with Crippen molar-refractivity contribution in [3.8, 4) is 45.0 Å². The number of aryl methyl sites for hydroxylation is 5.